The van der Waals surface area contributed by atoms with Gasteiger partial charge in [-0.25, -0.2) is 0 Å². The summed E-state index contributed by atoms with van der Waals surface area (Å²) in [7, 11) is 0. The van der Waals surface area contributed by atoms with Gasteiger partial charge in [0.05, 0.1) is 12.2 Å². The fourth-order valence-electron chi connectivity index (χ4n) is 3.38. The Labute approximate surface area is 109 Å². The lowest BCUT2D eigenvalue weighted by molar-refractivity contribution is 0.341. The molecule has 0 bridgehead atoms. The van der Waals surface area contributed by atoms with E-state index in [1.54, 1.807) is 0 Å². The number of aromatic nitrogens is 2. The van der Waals surface area contributed by atoms with E-state index in [9.17, 15) is 0 Å². The SMILES string of the molecule is Cc1c(C2CCNCC2)cnn1C1CCCNC1. The van der Waals surface area contributed by atoms with Gasteiger partial charge in [0.2, 0.25) is 0 Å². The maximum atomic E-state index is 4.67. The summed E-state index contributed by atoms with van der Waals surface area (Å²) in [6.07, 6.45) is 7.18. The summed E-state index contributed by atoms with van der Waals surface area (Å²) < 4.78 is 2.27. The zero-order valence-electron chi connectivity index (χ0n) is 11.3. The van der Waals surface area contributed by atoms with Gasteiger partial charge in [0.25, 0.3) is 0 Å². The molecule has 0 radical (unpaired) electrons. The first-order chi connectivity index (χ1) is 8.86. The second kappa shape index (κ2) is 5.41. The zero-order chi connectivity index (χ0) is 12.4. The van der Waals surface area contributed by atoms with E-state index in [4.69, 9.17) is 0 Å². The van der Waals surface area contributed by atoms with Crippen molar-refractivity contribution in [1.82, 2.24) is 20.4 Å². The number of piperidine rings is 2. The monoisotopic (exact) mass is 248 g/mol. The van der Waals surface area contributed by atoms with Gasteiger partial charge in [-0.15, -0.1) is 0 Å². The average Bonchev–Trinajstić information content (AvgIpc) is 2.83. The molecule has 2 aliphatic heterocycles. The Bertz CT molecular complexity index is 351. The predicted molar refractivity (Wildman–Crippen MR) is 72.9 cm³/mol. The number of nitrogens with one attached hydrogen (secondary N) is 2. The summed E-state index contributed by atoms with van der Waals surface area (Å²) >= 11 is 0. The minimum Gasteiger partial charge on any atom is -0.317 e. The van der Waals surface area contributed by atoms with Gasteiger partial charge in [0, 0.05) is 12.2 Å². The number of hydrogen-bond acceptors (Lipinski definition) is 3. The summed E-state index contributed by atoms with van der Waals surface area (Å²) in [5.41, 5.74) is 2.89. The first-order valence-corrected chi connectivity index (χ1v) is 7.31. The summed E-state index contributed by atoms with van der Waals surface area (Å²) in [6.45, 7) is 6.80. The largest absolute Gasteiger partial charge is 0.317 e. The molecule has 18 heavy (non-hydrogen) atoms. The van der Waals surface area contributed by atoms with Gasteiger partial charge in [-0.2, -0.15) is 5.10 Å². The predicted octanol–water partition coefficient (Wildman–Crippen LogP) is 1.58. The van der Waals surface area contributed by atoms with Crippen LogP contribution < -0.4 is 10.6 Å². The normalized spacial score (nSPS) is 26.4. The highest BCUT2D eigenvalue weighted by Gasteiger charge is 2.23. The van der Waals surface area contributed by atoms with Gasteiger partial charge in [0.15, 0.2) is 0 Å². The molecule has 0 aromatic carbocycles. The van der Waals surface area contributed by atoms with E-state index in [1.165, 1.54) is 36.9 Å². The Hall–Kier alpha value is -0.870. The third-order valence-electron chi connectivity index (χ3n) is 4.48. The molecule has 1 atom stereocenters. The lowest BCUT2D eigenvalue weighted by Crippen LogP contribution is -2.32. The highest BCUT2D eigenvalue weighted by molar-refractivity contribution is 5.22. The van der Waals surface area contributed by atoms with Gasteiger partial charge in [0.1, 0.15) is 0 Å². The lowest BCUT2D eigenvalue weighted by atomic mass is 9.90. The first-order valence-electron chi connectivity index (χ1n) is 7.31. The Balaban J connectivity index is 1.78. The summed E-state index contributed by atoms with van der Waals surface area (Å²) in [6, 6.07) is 0.564. The van der Waals surface area contributed by atoms with Crippen LogP contribution in [0.1, 0.15) is 48.9 Å². The van der Waals surface area contributed by atoms with Crippen LogP contribution in [0.15, 0.2) is 6.20 Å². The number of rotatable bonds is 2. The highest BCUT2D eigenvalue weighted by Crippen LogP contribution is 2.29. The molecule has 0 spiro atoms. The molecular weight excluding hydrogens is 224 g/mol. The van der Waals surface area contributed by atoms with Crippen LogP contribution in [0.3, 0.4) is 0 Å². The van der Waals surface area contributed by atoms with E-state index in [1.807, 2.05) is 0 Å². The van der Waals surface area contributed by atoms with Crippen molar-refractivity contribution in [3.63, 3.8) is 0 Å². The van der Waals surface area contributed by atoms with E-state index < -0.39 is 0 Å². The third kappa shape index (κ3) is 2.31. The Morgan fingerprint density at radius 1 is 1.17 bits per heavy atom. The van der Waals surface area contributed by atoms with Crippen LogP contribution in [-0.2, 0) is 0 Å². The highest BCUT2D eigenvalue weighted by atomic mass is 15.3. The standard InChI is InChI=1S/C14H24N4/c1-11-14(12-4-7-15-8-5-12)10-17-18(11)13-3-2-6-16-9-13/h10,12-13,15-16H,2-9H2,1H3. The second-order valence-electron chi connectivity index (χ2n) is 5.65. The van der Waals surface area contributed by atoms with Crippen LogP contribution in [-0.4, -0.2) is 36.0 Å². The van der Waals surface area contributed by atoms with Crippen LogP contribution in [0.4, 0.5) is 0 Å². The summed E-state index contributed by atoms with van der Waals surface area (Å²) in [5, 5.41) is 11.6. The van der Waals surface area contributed by atoms with Crippen molar-refractivity contribution in [2.24, 2.45) is 0 Å². The van der Waals surface area contributed by atoms with Crippen molar-refractivity contribution in [3.05, 3.63) is 17.5 Å². The van der Waals surface area contributed by atoms with E-state index in [-0.39, 0.29) is 0 Å². The molecule has 1 unspecified atom stereocenters. The van der Waals surface area contributed by atoms with Crippen molar-refractivity contribution in [2.45, 2.75) is 44.6 Å². The van der Waals surface area contributed by atoms with E-state index in [2.05, 4.69) is 33.5 Å². The Morgan fingerprint density at radius 2 is 2.00 bits per heavy atom. The number of hydrogen-bond donors (Lipinski definition) is 2. The second-order valence-corrected chi connectivity index (χ2v) is 5.65. The van der Waals surface area contributed by atoms with Crippen LogP contribution in [0, 0.1) is 6.92 Å². The Morgan fingerprint density at radius 3 is 2.72 bits per heavy atom. The minimum atomic E-state index is 0.564. The molecular formula is C14H24N4. The van der Waals surface area contributed by atoms with E-state index in [0.29, 0.717) is 6.04 Å². The molecule has 3 rings (SSSR count). The molecule has 2 N–H and O–H groups in total. The van der Waals surface area contributed by atoms with Gasteiger partial charge < -0.3 is 10.6 Å². The number of nitrogens with zero attached hydrogens (tertiary/aromatic N) is 2. The summed E-state index contributed by atoms with van der Waals surface area (Å²) in [5.74, 6) is 0.719. The molecule has 100 valence electrons. The maximum absolute atomic E-state index is 4.67. The molecule has 2 aliphatic rings. The van der Waals surface area contributed by atoms with Gasteiger partial charge in [-0.3, -0.25) is 4.68 Å². The van der Waals surface area contributed by atoms with Crippen molar-refractivity contribution >= 4 is 0 Å². The molecule has 0 amide bonds. The topological polar surface area (TPSA) is 41.9 Å². The van der Waals surface area contributed by atoms with E-state index in [0.717, 1.165) is 32.1 Å². The van der Waals surface area contributed by atoms with Crippen molar-refractivity contribution < 1.29 is 0 Å². The maximum Gasteiger partial charge on any atom is 0.0647 e. The molecule has 4 nitrogen and oxygen atoms in total. The first kappa shape index (κ1) is 12.2. The molecule has 0 aliphatic carbocycles. The molecule has 0 saturated carbocycles. The van der Waals surface area contributed by atoms with Crippen LogP contribution >= 0.6 is 0 Å². The molecule has 3 heterocycles. The fraction of sp³-hybridized carbons (Fsp3) is 0.786. The van der Waals surface area contributed by atoms with Gasteiger partial charge >= 0.3 is 0 Å². The average molecular weight is 248 g/mol. The molecule has 1 aromatic rings. The van der Waals surface area contributed by atoms with Crippen molar-refractivity contribution in [1.29, 1.82) is 0 Å². The van der Waals surface area contributed by atoms with Crippen molar-refractivity contribution in [2.75, 3.05) is 26.2 Å². The quantitative estimate of drug-likeness (QED) is 0.835. The van der Waals surface area contributed by atoms with E-state index >= 15 is 0 Å². The van der Waals surface area contributed by atoms with Crippen LogP contribution in [0.5, 0.6) is 0 Å². The minimum absolute atomic E-state index is 0.564. The van der Waals surface area contributed by atoms with Crippen molar-refractivity contribution in [3.8, 4) is 0 Å². The third-order valence-corrected chi connectivity index (χ3v) is 4.48. The molecule has 4 heteroatoms. The smallest absolute Gasteiger partial charge is 0.0647 e. The Kier molecular flexibility index (Phi) is 3.66. The summed E-state index contributed by atoms with van der Waals surface area (Å²) in [4.78, 5) is 0. The van der Waals surface area contributed by atoms with Crippen LogP contribution in [0.2, 0.25) is 0 Å². The van der Waals surface area contributed by atoms with Gasteiger partial charge in [-0.1, -0.05) is 0 Å². The fourth-order valence-corrected chi connectivity index (χ4v) is 3.38. The van der Waals surface area contributed by atoms with Crippen LogP contribution in [0.25, 0.3) is 0 Å². The lowest BCUT2D eigenvalue weighted by Gasteiger charge is -2.26. The molecule has 1 aromatic heterocycles. The van der Waals surface area contributed by atoms with Gasteiger partial charge in [-0.05, 0) is 63.7 Å². The molecule has 2 saturated heterocycles. The zero-order valence-corrected chi connectivity index (χ0v) is 11.3. The molecule has 2 fully saturated rings.